The van der Waals surface area contributed by atoms with Crippen molar-refractivity contribution in [2.75, 3.05) is 16.8 Å². The van der Waals surface area contributed by atoms with Gasteiger partial charge >= 0.3 is 5.97 Å². The molecule has 1 unspecified atom stereocenters. The fraction of sp³-hybridized carbons (Fsp3) is 0.346. The summed E-state index contributed by atoms with van der Waals surface area (Å²) in [5, 5.41) is 2.70. The molecule has 2 aliphatic heterocycles. The molecule has 2 aliphatic rings. The Morgan fingerprint density at radius 2 is 1.74 bits per heavy atom. The average molecular weight is 478 g/mol. The number of benzene rings is 2. The van der Waals surface area contributed by atoms with E-state index in [2.05, 4.69) is 5.32 Å². The molecule has 0 radical (unpaired) electrons. The largest absolute Gasteiger partial charge is 0.454 e. The first-order valence-corrected chi connectivity index (χ1v) is 11.6. The number of para-hydroxylation sites is 1. The van der Waals surface area contributed by atoms with Gasteiger partial charge in [0.05, 0.1) is 11.3 Å². The van der Waals surface area contributed by atoms with Crippen LogP contribution in [0, 0.1) is 0 Å². The van der Waals surface area contributed by atoms with Crippen molar-refractivity contribution in [3.63, 3.8) is 0 Å². The van der Waals surface area contributed by atoms with Gasteiger partial charge < -0.3 is 15.0 Å². The van der Waals surface area contributed by atoms with Gasteiger partial charge in [-0.2, -0.15) is 0 Å². The second-order valence-corrected chi connectivity index (χ2v) is 8.81. The van der Waals surface area contributed by atoms with Gasteiger partial charge in [0, 0.05) is 36.6 Å². The lowest BCUT2D eigenvalue weighted by molar-refractivity contribution is -0.157. The van der Waals surface area contributed by atoms with E-state index in [0.717, 1.165) is 0 Å². The van der Waals surface area contributed by atoms with Crippen LogP contribution in [0.15, 0.2) is 48.5 Å². The predicted molar refractivity (Wildman–Crippen MR) is 128 cm³/mol. The summed E-state index contributed by atoms with van der Waals surface area (Å²) >= 11 is 0. The highest BCUT2D eigenvalue weighted by Crippen LogP contribution is 2.45. The zero-order chi connectivity index (χ0) is 25.3. The van der Waals surface area contributed by atoms with E-state index in [1.54, 1.807) is 57.2 Å². The van der Waals surface area contributed by atoms with Crippen LogP contribution in [0.5, 0.6) is 0 Å². The number of ketones is 1. The maximum atomic E-state index is 13.6. The lowest BCUT2D eigenvalue weighted by Crippen LogP contribution is -2.70. The molecular formula is C26H27N3O6. The standard InChI is InChI=1S/C26H27N3O6/c1-4-22(31)27-18-11-9-17(10-12-18)21(30)15-35-25(34)26-14-13-23(32)29(26)20-8-6-5-7-19(20)24(33)28(26)16(2)3/h5-12,16H,4,13-15H2,1-3H3,(H,27,31). The fourth-order valence-electron chi connectivity index (χ4n) is 4.69. The summed E-state index contributed by atoms with van der Waals surface area (Å²) in [6.45, 7) is 4.72. The van der Waals surface area contributed by atoms with Gasteiger partial charge in [-0.05, 0) is 50.2 Å². The van der Waals surface area contributed by atoms with Gasteiger partial charge in [0.2, 0.25) is 17.5 Å². The van der Waals surface area contributed by atoms with Crippen LogP contribution in [0.1, 0.15) is 60.7 Å². The SMILES string of the molecule is CCC(=O)Nc1ccc(C(=O)COC(=O)C23CCC(=O)N2c2ccccc2C(=O)N3C(C)C)cc1. The maximum Gasteiger partial charge on any atom is 0.354 e. The molecule has 0 bridgehead atoms. The van der Waals surface area contributed by atoms with Crippen LogP contribution in [-0.4, -0.2) is 52.7 Å². The topological polar surface area (TPSA) is 113 Å². The number of Topliss-reactive ketones (excluding diaryl/α,β-unsaturated/α-hetero) is 1. The summed E-state index contributed by atoms with van der Waals surface area (Å²) < 4.78 is 5.46. The highest BCUT2D eigenvalue weighted by Gasteiger charge is 2.62. The van der Waals surface area contributed by atoms with E-state index in [4.69, 9.17) is 4.74 Å². The van der Waals surface area contributed by atoms with E-state index in [1.165, 1.54) is 21.9 Å². The van der Waals surface area contributed by atoms with Gasteiger partial charge in [0.15, 0.2) is 12.4 Å². The number of carbonyl (C=O) groups is 5. The molecule has 1 fully saturated rings. The van der Waals surface area contributed by atoms with Crippen LogP contribution in [0.4, 0.5) is 11.4 Å². The Hall–Kier alpha value is -4.01. The molecule has 0 saturated carbocycles. The van der Waals surface area contributed by atoms with Crippen molar-refractivity contribution in [3.05, 3.63) is 59.7 Å². The molecular weight excluding hydrogens is 450 g/mol. The normalized spacial score (nSPS) is 18.9. The van der Waals surface area contributed by atoms with Gasteiger partial charge in [-0.25, -0.2) is 4.79 Å². The van der Waals surface area contributed by atoms with E-state index >= 15 is 0 Å². The van der Waals surface area contributed by atoms with E-state index in [0.29, 0.717) is 28.9 Å². The van der Waals surface area contributed by atoms with Gasteiger partial charge in [0.25, 0.3) is 5.91 Å². The molecule has 9 heteroatoms. The molecule has 9 nitrogen and oxygen atoms in total. The summed E-state index contributed by atoms with van der Waals surface area (Å²) in [6.07, 6.45) is 0.472. The number of hydrogen-bond donors (Lipinski definition) is 1. The minimum Gasteiger partial charge on any atom is -0.454 e. The number of rotatable bonds is 7. The lowest BCUT2D eigenvalue weighted by Gasteiger charge is -2.50. The van der Waals surface area contributed by atoms with Crippen LogP contribution >= 0.6 is 0 Å². The molecule has 1 saturated heterocycles. The molecule has 0 spiro atoms. The van der Waals surface area contributed by atoms with Crippen LogP contribution in [0.3, 0.4) is 0 Å². The van der Waals surface area contributed by atoms with Crippen LogP contribution in [0.2, 0.25) is 0 Å². The summed E-state index contributed by atoms with van der Waals surface area (Å²) in [7, 11) is 0. The minimum atomic E-state index is -1.65. The Bertz CT molecular complexity index is 1210. The molecule has 0 aromatic heterocycles. The zero-order valence-electron chi connectivity index (χ0n) is 19.9. The molecule has 1 atom stereocenters. The van der Waals surface area contributed by atoms with Gasteiger partial charge in [-0.15, -0.1) is 0 Å². The third-order valence-corrected chi connectivity index (χ3v) is 6.29. The first kappa shape index (κ1) is 24.1. The molecule has 2 heterocycles. The van der Waals surface area contributed by atoms with Crippen molar-refractivity contribution in [1.29, 1.82) is 0 Å². The second kappa shape index (κ2) is 9.32. The van der Waals surface area contributed by atoms with Crippen LogP contribution < -0.4 is 10.2 Å². The minimum absolute atomic E-state index is 0.0683. The summed E-state index contributed by atoms with van der Waals surface area (Å²) in [4.78, 5) is 66.9. The van der Waals surface area contributed by atoms with Gasteiger partial charge in [0.1, 0.15) is 0 Å². The molecule has 2 aromatic carbocycles. The van der Waals surface area contributed by atoms with Crippen molar-refractivity contribution in [3.8, 4) is 0 Å². The number of esters is 1. The first-order valence-electron chi connectivity index (χ1n) is 11.6. The van der Waals surface area contributed by atoms with Gasteiger partial charge in [-0.3, -0.25) is 24.1 Å². The highest BCUT2D eigenvalue weighted by molar-refractivity contribution is 6.16. The Labute approximate surface area is 203 Å². The Morgan fingerprint density at radius 1 is 1.06 bits per heavy atom. The first-order chi connectivity index (χ1) is 16.7. The zero-order valence-corrected chi connectivity index (χ0v) is 19.9. The molecule has 2 aromatic rings. The summed E-state index contributed by atoms with van der Waals surface area (Å²) in [6, 6.07) is 12.5. The number of fused-ring (bicyclic) bond motifs is 3. The van der Waals surface area contributed by atoms with Crippen molar-refractivity contribution < 1.29 is 28.7 Å². The lowest BCUT2D eigenvalue weighted by atomic mass is 9.95. The predicted octanol–water partition coefficient (Wildman–Crippen LogP) is 3.15. The number of amides is 3. The number of nitrogens with one attached hydrogen (secondary N) is 1. The average Bonchev–Trinajstić information content (AvgIpc) is 3.20. The van der Waals surface area contributed by atoms with Crippen LogP contribution in [0.25, 0.3) is 0 Å². The van der Waals surface area contributed by atoms with E-state index < -0.39 is 30.1 Å². The second-order valence-electron chi connectivity index (χ2n) is 8.81. The van der Waals surface area contributed by atoms with Gasteiger partial charge in [-0.1, -0.05) is 19.1 Å². The Kier molecular flexibility index (Phi) is 6.43. The molecule has 35 heavy (non-hydrogen) atoms. The van der Waals surface area contributed by atoms with Crippen molar-refractivity contribution in [2.24, 2.45) is 0 Å². The van der Waals surface area contributed by atoms with E-state index in [-0.39, 0.29) is 30.6 Å². The van der Waals surface area contributed by atoms with Crippen molar-refractivity contribution >= 4 is 40.8 Å². The fourth-order valence-corrected chi connectivity index (χ4v) is 4.69. The highest BCUT2D eigenvalue weighted by atomic mass is 16.5. The molecule has 3 amide bonds. The summed E-state index contributed by atoms with van der Waals surface area (Å²) in [5.74, 6) is -2.07. The summed E-state index contributed by atoms with van der Waals surface area (Å²) in [5.41, 5.74) is -0.0898. The number of hydrogen-bond acceptors (Lipinski definition) is 6. The number of ether oxygens (including phenoxy) is 1. The Morgan fingerprint density at radius 3 is 2.40 bits per heavy atom. The van der Waals surface area contributed by atoms with Crippen molar-refractivity contribution in [1.82, 2.24) is 4.90 Å². The third-order valence-electron chi connectivity index (χ3n) is 6.29. The number of anilines is 2. The molecule has 0 aliphatic carbocycles. The third kappa shape index (κ3) is 4.07. The van der Waals surface area contributed by atoms with E-state index in [1.807, 2.05) is 0 Å². The molecule has 4 rings (SSSR count). The molecule has 182 valence electrons. The number of carbonyl (C=O) groups excluding carboxylic acids is 5. The maximum absolute atomic E-state index is 13.6. The van der Waals surface area contributed by atoms with Crippen molar-refractivity contribution in [2.45, 2.75) is 51.7 Å². The quantitative estimate of drug-likeness (QED) is 0.484. The monoisotopic (exact) mass is 477 g/mol. The molecule has 1 N–H and O–H groups in total. The Balaban J connectivity index is 1.58. The smallest absolute Gasteiger partial charge is 0.354 e. The van der Waals surface area contributed by atoms with E-state index in [9.17, 15) is 24.0 Å². The van der Waals surface area contributed by atoms with Crippen LogP contribution in [-0.2, 0) is 19.1 Å². The number of nitrogens with zero attached hydrogens (tertiary/aromatic N) is 2.